The standard InChI is InChI=1S/C37H35N9O2/c1-43-24-39-35(42-43)29-8-6-26(7-9-29)27-12-16-45(17-13-27)33(47)22-44-18-14-37(23-44)15-19-46(36(37)48)30-10-11-32-31(20-30)34(41-40-32)28-4-2-25(21-38)3-5-28/h2-12,20,24H,13-19,22-23H2,1H3,(H,40,41)/t37-/m0/s1. The summed E-state index contributed by atoms with van der Waals surface area (Å²) in [4.78, 5) is 37.7. The van der Waals surface area contributed by atoms with E-state index in [9.17, 15) is 9.59 Å². The van der Waals surface area contributed by atoms with Crippen LogP contribution in [0.2, 0.25) is 0 Å². The molecule has 1 N–H and O–H groups in total. The van der Waals surface area contributed by atoms with Gasteiger partial charge >= 0.3 is 0 Å². The lowest BCUT2D eigenvalue weighted by atomic mass is 9.85. The maximum atomic E-state index is 14.0. The largest absolute Gasteiger partial charge is 0.338 e. The van der Waals surface area contributed by atoms with Crippen molar-refractivity contribution in [1.82, 2.24) is 34.8 Å². The predicted octanol–water partition coefficient (Wildman–Crippen LogP) is 4.64. The van der Waals surface area contributed by atoms with Crippen molar-refractivity contribution in [3.05, 3.63) is 90.3 Å². The number of H-pyrrole nitrogens is 1. The molecule has 3 aromatic carbocycles. The van der Waals surface area contributed by atoms with E-state index in [2.05, 4.69) is 49.5 Å². The van der Waals surface area contributed by atoms with Gasteiger partial charge in [-0.1, -0.05) is 42.5 Å². The van der Waals surface area contributed by atoms with Crippen LogP contribution in [0.1, 0.15) is 30.4 Å². The Morgan fingerprint density at radius 2 is 1.75 bits per heavy atom. The van der Waals surface area contributed by atoms with Crippen LogP contribution < -0.4 is 4.90 Å². The molecular formula is C37H35N9O2. The second kappa shape index (κ2) is 11.9. The second-order valence-corrected chi connectivity index (χ2v) is 13.1. The topological polar surface area (TPSA) is 127 Å². The molecule has 11 nitrogen and oxygen atoms in total. The Balaban J connectivity index is 0.895. The fourth-order valence-corrected chi connectivity index (χ4v) is 7.39. The zero-order valence-corrected chi connectivity index (χ0v) is 26.8. The monoisotopic (exact) mass is 637 g/mol. The Kier molecular flexibility index (Phi) is 7.37. The molecule has 2 amide bonds. The van der Waals surface area contributed by atoms with Gasteiger partial charge in [-0.3, -0.25) is 24.3 Å². The lowest BCUT2D eigenvalue weighted by Crippen LogP contribution is -2.43. The highest BCUT2D eigenvalue weighted by Crippen LogP contribution is 2.43. The molecule has 240 valence electrons. The molecule has 2 aromatic heterocycles. The minimum atomic E-state index is -0.465. The number of benzene rings is 3. The molecule has 2 fully saturated rings. The molecule has 1 atom stereocenters. The molecule has 3 aliphatic rings. The number of carbonyl (C=O) groups excluding carboxylic acids is 2. The Hall–Kier alpha value is -5.60. The van der Waals surface area contributed by atoms with Crippen molar-refractivity contribution in [1.29, 1.82) is 5.26 Å². The van der Waals surface area contributed by atoms with Crippen LogP contribution in [-0.2, 0) is 16.6 Å². The zero-order chi connectivity index (χ0) is 32.8. The predicted molar refractivity (Wildman–Crippen MR) is 182 cm³/mol. The lowest BCUT2D eigenvalue weighted by Gasteiger charge is -2.29. The van der Waals surface area contributed by atoms with Gasteiger partial charge in [-0.2, -0.15) is 15.5 Å². The van der Waals surface area contributed by atoms with Gasteiger partial charge in [-0.25, -0.2) is 4.98 Å². The molecule has 0 radical (unpaired) electrons. The molecule has 5 heterocycles. The van der Waals surface area contributed by atoms with Gasteiger partial charge in [0.05, 0.1) is 34.8 Å². The molecule has 2 saturated heterocycles. The van der Waals surface area contributed by atoms with E-state index in [1.807, 2.05) is 59.3 Å². The minimum Gasteiger partial charge on any atom is -0.338 e. The third-order valence-corrected chi connectivity index (χ3v) is 10.1. The number of carbonyl (C=O) groups is 2. The molecule has 0 saturated carbocycles. The third-order valence-electron chi connectivity index (χ3n) is 10.1. The average Bonchev–Trinajstić information content (AvgIpc) is 3.92. The molecule has 48 heavy (non-hydrogen) atoms. The summed E-state index contributed by atoms with van der Waals surface area (Å²) in [6.07, 6.45) is 6.18. The van der Waals surface area contributed by atoms with Crippen molar-refractivity contribution >= 4 is 34.0 Å². The van der Waals surface area contributed by atoms with E-state index in [0.717, 1.165) is 64.8 Å². The van der Waals surface area contributed by atoms with Gasteiger partial charge < -0.3 is 9.80 Å². The van der Waals surface area contributed by atoms with Crippen LogP contribution >= 0.6 is 0 Å². The average molecular weight is 638 g/mol. The lowest BCUT2D eigenvalue weighted by molar-refractivity contribution is -0.132. The smallest absolute Gasteiger partial charge is 0.237 e. The number of rotatable bonds is 6. The van der Waals surface area contributed by atoms with Crippen molar-refractivity contribution in [2.45, 2.75) is 19.3 Å². The Morgan fingerprint density at radius 3 is 2.48 bits per heavy atom. The van der Waals surface area contributed by atoms with Crippen molar-refractivity contribution < 1.29 is 9.59 Å². The summed E-state index contributed by atoms with van der Waals surface area (Å²) in [7, 11) is 1.86. The molecule has 0 bridgehead atoms. The van der Waals surface area contributed by atoms with Crippen LogP contribution in [0.15, 0.2) is 79.1 Å². The van der Waals surface area contributed by atoms with E-state index < -0.39 is 5.41 Å². The van der Waals surface area contributed by atoms with Crippen molar-refractivity contribution in [2.24, 2.45) is 12.5 Å². The van der Waals surface area contributed by atoms with Gasteiger partial charge in [0.25, 0.3) is 0 Å². The van der Waals surface area contributed by atoms with Gasteiger partial charge in [0.2, 0.25) is 11.8 Å². The summed E-state index contributed by atoms with van der Waals surface area (Å²) in [5.41, 5.74) is 6.96. The molecule has 3 aliphatic heterocycles. The quantitative estimate of drug-likeness (QED) is 0.287. The second-order valence-electron chi connectivity index (χ2n) is 13.1. The van der Waals surface area contributed by atoms with Gasteiger partial charge in [-0.15, -0.1) is 0 Å². The number of aromatic amines is 1. The number of hydrogen-bond donors (Lipinski definition) is 1. The number of amides is 2. The Bertz CT molecular complexity index is 2100. The van der Waals surface area contributed by atoms with E-state index in [0.29, 0.717) is 44.1 Å². The molecule has 0 aliphatic carbocycles. The van der Waals surface area contributed by atoms with Crippen molar-refractivity contribution in [2.75, 3.05) is 44.2 Å². The molecule has 8 rings (SSSR count). The van der Waals surface area contributed by atoms with E-state index in [-0.39, 0.29) is 11.8 Å². The van der Waals surface area contributed by atoms with E-state index in [4.69, 9.17) is 5.26 Å². The number of nitrogens with one attached hydrogen (secondary N) is 1. The number of anilines is 1. The summed E-state index contributed by atoms with van der Waals surface area (Å²) in [5.74, 6) is 0.956. The van der Waals surface area contributed by atoms with Gasteiger partial charge in [0.1, 0.15) is 6.33 Å². The highest BCUT2D eigenvalue weighted by atomic mass is 16.2. The SMILES string of the molecule is Cn1cnc(-c2ccc(C3=CCN(C(=O)CN4CC[C@]5(CCN(c6ccc7[nH]nc(-c8ccc(C#N)cc8)c7c6)C5=O)C4)CC3)cc2)n1. The van der Waals surface area contributed by atoms with Gasteiger partial charge in [-0.05, 0) is 67.3 Å². The maximum absolute atomic E-state index is 14.0. The van der Waals surface area contributed by atoms with Crippen LogP contribution in [0, 0.1) is 16.7 Å². The number of hydrogen-bond acceptors (Lipinski definition) is 7. The van der Waals surface area contributed by atoms with Crippen molar-refractivity contribution in [3.63, 3.8) is 0 Å². The van der Waals surface area contributed by atoms with Crippen LogP contribution in [-0.4, -0.2) is 85.8 Å². The summed E-state index contributed by atoms with van der Waals surface area (Å²) in [6, 6.07) is 23.8. The molecule has 11 heteroatoms. The number of nitriles is 1. The summed E-state index contributed by atoms with van der Waals surface area (Å²) in [5, 5.41) is 22.1. The van der Waals surface area contributed by atoms with Crippen LogP contribution in [0.5, 0.6) is 0 Å². The highest BCUT2D eigenvalue weighted by Gasteiger charge is 2.51. The first kappa shape index (κ1) is 29.8. The number of nitrogens with zero attached hydrogens (tertiary/aromatic N) is 8. The Labute approximate surface area is 278 Å². The van der Waals surface area contributed by atoms with Crippen LogP contribution in [0.4, 0.5) is 5.69 Å². The fraction of sp³-hybridized carbons (Fsp3) is 0.297. The third kappa shape index (κ3) is 5.34. The van der Waals surface area contributed by atoms with Crippen molar-refractivity contribution in [3.8, 4) is 28.7 Å². The summed E-state index contributed by atoms with van der Waals surface area (Å²) < 4.78 is 1.69. The number of aryl methyl sites for hydroxylation is 1. The molecule has 0 unspecified atom stereocenters. The van der Waals surface area contributed by atoms with E-state index >= 15 is 0 Å². The Morgan fingerprint density at radius 1 is 0.979 bits per heavy atom. The van der Waals surface area contributed by atoms with E-state index in [1.54, 1.807) is 23.1 Å². The minimum absolute atomic E-state index is 0.113. The fourth-order valence-electron chi connectivity index (χ4n) is 7.39. The first-order valence-corrected chi connectivity index (χ1v) is 16.4. The molecule has 1 spiro atoms. The van der Waals surface area contributed by atoms with E-state index in [1.165, 1.54) is 5.57 Å². The number of aromatic nitrogens is 5. The first-order valence-electron chi connectivity index (χ1n) is 16.4. The highest BCUT2D eigenvalue weighted by molar-refractivity contribution is 6.03. The molecular weight excluding hydrogens is 602 g/mol. The van der Waals surface area contributed by atoms with Crippen LogP contribution in [0.25, 0.3) is 39.1 Å². The normalized spacial score (nSPS) is 19.8. The first-order chi connectivity index (χ1) is 23.4. The van der Waals surface area contributed by atoms with Gasteiger partial charge in [0, 0.05) is 55.4 Å². The van der Waals surface area contributed by atoms with Gasteiger partial charge in [0.15, 0.2) is 5.82 Å². The number of fused-ring (bicyclic) bond motifs is 1. The van der Waals surface area contributed by atoms with Crippen LogP contribution in [0.3, 0.4) is 0 Å². The molecule has 5 aromatic rings. The number of likely N-dealkylation sites (tertiary alicyclic amines) is 1. The summed E-state index contributed by atoms with van der Waals surface area (Å²) >= 11 is 0. The maximum Gasteiger partial charge on any atom is 0.237 e. The summed E-state index contributed by atoms with van der Waals surface area (Å²) in [6.45, 7) is 3.59. The zero-order valence-electron chi connectivity index (χ0n) is 26.8.